The fourth-order valence-electron chi connectivity index (χ4n) is 3.43. The number of anilines is 3. The second kappa shape index (κ2) is 8.00. The average molecular weight is 430 g/mol. The first-order chi connectivity index (χ1) is 14.3. The Labute approximate surface area is 175 Å². The van der Waals surface area contributed by atoms with Crippen LogP contribution in [0.1, 0.15) is 17.0 Å². The largest absolute Gasteiger partial charge is 0.360 e. The Morgan fingerprint density at radius 1 is 1.00 bits per heavy atom. The molecule has 1 fully saturated rings. The lowest BCUT2D eigenvalue weighted by Gasteiger charge is -2.34. The maximum Gasteiger partial charge on any atom is 0.248 e. The van der Waals surface area contributed by atoms with Gasteiger partial charge < -0.3 is 14.7 Å². The van der Waals surface area contributed by atoms with E-state index >= 15 is 0 Å². The average Bonchev–Trinajstić information content (AvgIpc) is 3.07. The van der Waals surface area contributed by atoms with Crippen molar-refractivity contribution in [3.63, 3.8) is 0 Å². The highest BCUT2D eigenvalue weighted by atomic mass is 32.2. The summed E-state index contributed by atoms with van der Waals surface area (Å²) in [5, 5.41) is 15.4. The van der Waals surface area contributed by atoms with Gasteiger partial charge in [0.05, 0.1) is 0 Å². The first-order valence-electron chi connectivity index (χ1n) is 9.56. The van der Waals surface area contributed by atoms with E-state index in [1.807, 2.05) is 36.1 Å². The van der Waals surface area contributed by atoms with Crippen LogP contribution in [0.3, 0.4) is 0 Å². The number of aromatic nitrogens is 4. The van der Waals surface area contributed by atoms with E-state index in [-0.39, 0.29) is 4.90 Å². The highest BCUT2D eigenvalue weighted by molar-refractivity contribution is 7.89. The highest BCUT2D eigenvalue weighted by Crippen LogP contribution is 2.25. The zero-order valence-corrected chi connectivity index (χ0v) is 17.8. The third-order valence-corrected chi connectivity index (χ3v) is 7.09. The molecule has 1 saturated heterocycles. The van der Waals surface area contributed by atoms with Gasteiger partial charge in [-0.2, -0.15) is 4.31 Å². The van der Waals surface area contributed by atoms with Crippen molar-refractivity contribution < 1.29 is 12.9 Å². The van der Waals surface area contributed by atoms with Crippen LogP contribution in [0.2, 0.25) is 0 Å². The smallest absolute Gasteiger partial charge is 0.248 e. The lowest BCUT2D eigenvalue weighted by atomic mass is 10.3. The lowest BCUT2D eigenvalue weighted by Crippen LogP contribution is -2.49. The number of sulfonamides is 1. The minimum atomic E-state index is -3.63. The molecular weight excluding hydrogens is 406 g/mol. The SMILES string of the molecule is Cc1ccnc(Nc2ccc(N3CCN(S(=O)(=O)c4c(C)noc4C)CC3)nn2)c1. The molecule has 4 rings (SSSR count). The van der Waals surface area contributed by atoms with Crippen LogP contribution in [0.15, 0.2) is 39.9 Å². The molecule has 10 nitrogen and oxygen atoms in total. The van der Waals surface area contributed by atoms with Crippen LogP contribution >= 0.6 is 0 Å². The van der Waals surface area contributed by atoms with Crippen LogP contribution in [0, 0.1) is 20.8 Å². The third-order valence-electron chi connectivity index (χ3n) is 4.95. The standard InChI is InChI=1S/C19H23N7O3S/c1-13-6-7-20-17(12-13)21-16-4-5-18(23-22-16)25-8-10-26(11-9-25)30(27,28)19-14(2)24-29-15(19)3/h4-7,12H,8-11H2,1-3H3,(H,20,21,22). The molecule has 158 valence electrons. The third kappa shape index (κ3) is 3.98. The van der Waals surface area contributed by atoms with Crippen molar-refractivity contribution in [1.29, 1.82) is 0 Å². The Kier molecular flexibility index (Phi) is 5.39. The molecule has 0 spiro atoms. The van der Waals surface area contributed by atoms with E-state index in [2.05, 4.69) is 25.7 Å². The number of hydrogen-bond donors (Lipinski definition) is 1. The Morgan fingerprint density at radius 2 is 1.77 bits per heavy atom. The Balaban J connectivity index is 1.40. The minimum absolute atomic E-state index is 0.163. The summed E-state index contributed by atoms with van der Waals surface area (Å²) in [5.74, 6) is 2.31. The fourth-order valence-corrected chi connectivity index (χ4v) is 5.14. The molecule has 0 atom stereocenters. The van der Waals surface area contributed by atoms with Gasteiger partial charge in [-0.15, -0.1) is 10.2 Å². The van der Waals surface area contributed by atoms with Gasteiger partial charge in [0.15, 0.2) is 17.4 Å². The van der Waals surface area contributed by atoms with Gasteiger partial charge in [0.2, 0.25) is 10.0 Å². The number of nitrogens with one attached hydrogen (secondary N) is 1. The maximum absolute atomic E-state index is 12.9. The minimum Gasteiger partial charge on any atom is -0.360 e. The Bertz CT molecular complexity index is 1120. The van der Waals surface area contributed by atoms with Gasteiger partial charge in [0, 0.05) is 32.4 Å². The van der Waals surface area contributed by atoms with Crippen molar-refractivity contribution in [2.75, 3.05) is 36.4 Å². The molecule has 30 heavy (non-hydrogen) atoms. The van der Waals surface area contributed by atoms with E-state index in [0.29, 0.717) is 55.1 Å². The summed E-state index contributed by atoms with van der Waals surface area (Å²) in [5.41, 5.74) is 1.48. The van der Waals surface area contributed by atoms with Gasteiger partial charge in [0.1, 0.15) is 16.4 Å². The van der Waals surface area contributed by atoms with Crippen LogP contribution in [-0.2, 0) is 10.0 Å². The molecule has 1 aliphatic rings. The number of piperazine rings is 1. The van der Waals surface area contributed by atoms with Crippen LogP contribution in [0.4, 0.5) is 17.5 Å². The summed E-state index contributed by atoms with van der Waals surface area (Å²) in [7, 11) is -3.63. The summed E-state index contributed by atoms with van der Waals surface area (Å²) in [6, 6.07) is 7.54. The Morgan fingerprint density at radius 3 is 2.37 bits per heavy atom. The zero-order valence-electron chi connectivity index (χ0n) is 17.0. The topological polar surface area (TPSA) is 117 Å². The monoisotopic (exact) mass is 429 g/mol. The number of hydrogen-bond acceptors (Lipinski definition) is 9. The molecule has 0 unspecified atom stereocenters. The van der Waals surface area contributed by atoms with Crippen molar-refractivity contribution in [1.82, 2.24) is 24.6 Å². The molecule has 0 amide bonds. The van der Waals surface area contributed by atoms with E-state index in [1.54, 1.807) is 20.0 Å². The second-order valence-corrected chi connectivity index (χ2v) is 9.04. The quantitative estimate of drug-likeness (QED) is 0.650. The predicted molar refractivity (Wildman–Crippen MR) is 111 cm³/mol. The van der Waals surface area contributed by atoms with Crippen molar-refractivity contribution in [3.8, 4) is 0 Å². The molecule has 4 heterocycles. The summed E-state index contributed by atoms with van der Waals surface area (Å²) >= 11 is 0. The van der Waals surface area contributed by atoms with Gasteiger partial charge in [-0.05, 0) is 50.6 Å². The van der Waals surface area contributed by atoms with Gasteiger partial charge in [-0.25, -0.2) is 13.4 Å². The van der Waals surface area contributed by atoms with E-state index in [1.165, 1.54) is 4.31 Å². The van der Waals surface area contributed by atoms with Gasteiger partial charge in [0.25, 0.3) is 0 Å². The lowest BCUT2D eigenvalue weighted by molar-refractivity contribution is 0.377. The molecule has 0 radical (unpaired) electrons. The summed E-state index contributed by atoms with van der Waals surface area (Å²) in [4.78, 5) is 6.43. The van der Waals surface area contributed by atoms with Crippen LogP contribution in [-0.4, -0.2) is 59.2 Å². The normalized spacial score (nSPS) is 15.4. The van der Waals surface area contributed by atoms with E-state index in [9.17, 15) is 8.42 Å². The molecule has 0 bridgehead atoms. The number of nitrogens with zero attached hydrogens (tertiary/aromatic N) is 6. The molecule has 3 aromatic rings. The van der Waals surface area contributed by atoms with Crippen LogP contribution in [0.5, 0.6) is 0 Å². The summed E-state index contributed by atoms with van der Waals surface area (Å²) < 4.78 is 32.4. The highest BCUT2D eigenvalue weighted by Gasteiger charge is 2.33. The second-order valence-electron chi connectivity index (χ2n) is 7.16. The van der Waals surface area contributed by atoms with E-state index < -0.39 is 10.0 Å². The Hall–Kier alpha value is -3.05. The molecule has 0 aliphatic carbocycles. The fraction of sp³-hybridized carbons (Fsp3) is 0.368. The van der Waals surface area contributed by atoms with Gasteiger partial charge in [-0.1, -0.05) is 5.16 Å². The van der Waals surface area contributed by atoms with Crippen molar-refractivity contribution in [2.45, 2.75) is 25.7 Å². The maximum atomic E-state index is 12.9. The van der Waals surface area contributed by atoms with E-state index in [0.717, 1.165) is 5.56 Å². The van der Waals surface area contributed by atoms with Crippen LogP contribution < -0.4 is 10.2 Å². The first-order valence-corrected chi connectivity index (χ1v) is 11.0. The molecule has 1 aliphatic heterocycles. The molecule has 0 saturated carbocycles. The van der Waals surface area contributed by atoms with Crippen molar-refractivity contribution in [3.05, 3.63) is 47.5 Å². The molecule has 0 aromatic carbocycles. The van der Waals surface area contributed by atoms with Crippen molar-refractivity contribution in [2.24, 2.45) is 0 Å². The zero-order chi connectivity index (χ0) is 21.3. The van der Waals surface area contributed by atoms with Gasteiger partial charge >= 0.3 is 0 Å². The predicted octanol–water partition coefficient (Wildman–Crippen LogP) is 2.04. The number of pyridine rings is 1. The van der Waals surface area contributed by atoms with E-state index in [4.69, 9.17) is 4.52 Å². The molecular formula is C19H23N7O3S. The molecule has 3 aromatic heterocycles. The molecule has 11 heteroatoms. The summed E-state index contributed by atoms with van der Waals surface area (Å²) in [6.07, 6.45) is 1.73. The van der Waals surface area contributed by atoms with Crippen molar-refractivity contribution >= 4 is 27.5 Å². The number of aryl methyl sites for hydroxylation is 3. The molecule has 1 N–H and O–H groups in total. The van der Waals surface area contributed by atoms with Gasteiger partial charge in [-0.3, -0.25) is 0 Å². The summed E-state index contributed by atoms with van der Waals surface area (Å²) in [6.45, 7) is 6.97. The number of rotatable bonds is 5. The first kappa shape index (κ1) is 20.2. The van der Waals surface area contributed by atoms with Crippen LogP contribution in [0.25, 0.3) is 0 Å².